The predicted octanol–water partition coefficient (Wildman–Crippen LogP) is 2.98. The maximum atomic E-state index is 10.6. The molecule has 64 valence electrons. The lowest BCUT2D eigenvalue weighted by atomic mass is 10.2. The summed E-state index contributed by atoms with van der Waals surface area (Å²) in [6, 6.07) is 2.86. The van der Waals surface area contributed by atoms with E-state index in [4.69, 9.17) is 28.3 Å². The molecule has 1 rings (SSSR count). The van der Waals surface area contributed by atoms with Gasteiger partial charge >= 0.3 is 5.97 Å². The first-order valence-corrected chi connectivity index (χ1v) is 4.14. The molecule has 0 amide bonds. The van der Waals surface area contributed by atoms with Crippen LogP contribution in [0.4, 0.5) is 0 Å². The number of halogens is 2. The predicted molar refractivity (Wildman–Crippen MR) is 50.7 cm³/mol. The Bertz CT molecular complexity index is 315. The quantitative estimate of drug-likeness (QED) is 0.718. The highest BCUT2D eigenvalue weighted by Crippen LogP contribution is 2.27. The van der Waals surface area contributed by atoms with Crippen LogP contribution in [0.25, 0.3) is 0 Å². The summed E-state index contributed by atoms with van der Waals surface area (Å²) in [7, 11) is 0. The molecule has 0 saturated heterocycles. The summed E-state index contributed by atoms with van der Waals surface area (Å²) in [5.41, 5.74) is -0.0869. The molecule has 1 aromatic carbocycles. The Labute approximate surface area is 84.5 Å². The fourth-order valence-corrected chi connectivity index (χ4v) is 1.82. The zero-order valence-corrected chi connectivity index (χ0v) is 8.12. The van der Waals surface area contributed by atoms with E-state index in [1.807, 2.05) is 0 Å². The van der Waals surface area contributed by atoms with Crippen LogP contribution in [0.3, 0.4) is 0 Å². The Hall–Kier alpha value is -0.380. The lowest BCUT2D eigenvalue weighted by Gasteiger charge is -2.01. The maximum absolute atomic E-state index is 10.6. The second kappa shape index (κ2) is 3.56. The molecular weight excluding hydrogens is 219 g/mol. The van der Waals surface area contributed by atoms with Gasteiger partial charge in [0.15, 0.2) is 0 Å². The van der Waals surface area contributed by atoms with Crippen LogP contribution in [-0.2, 0) is 0 Å². The molecule has 0 aromatic heterocycles. The van der Waals surface area contributed by atoms with E-state index in [1.54, 1.807) is 0 Å². The van der Waals surface area contributed by atoms with Crippen molar-refractivity contribution in [3.8, 4) is 0 Å². The highest BCUT2D eigenvalue weighted by molar-refractivity contribution is 7.80. The van der Waals surface area contributed by atoms with Gasteiger partial charge in [-0.15, -0.1) is 12.6 Å². The third-order valence-corrected chi connectivity index (χ3v) is 2.10. The van der Waals surface area contributed by atoms with Gasteiger partial charge in [0.1, 0.15) is 0 Å². The van der Waals surface area contributed by atoms with Gasteiger partial charge in [0.2, 0.25) is 0 Å². The van der Waals surface area contributed by atoms with Crippen LogP contribution in [0.15, 0.2) is 17.0 Å². The Kier molecular flexibility index (Phi) is 2.88. The molecule has 1 aromatic rings. The number of hydrogen-bond acceptors (Lipinski definition) is 2. The fourth-order valence-electron chi connectivity index (χ4n) is 0.764. The Morgan fingerprint density at radius 1 is 1.33 bits per heavy atom. The minimum absolute atomic E-state index is 0.0869. The molecule has 2 nitrogen and oxygen atoms in total. The molecule has 0 atom stereocenters. The smallest absolute Gasteiger partial charge is 0.338 e. The minimum Gasteiger partial charge on any atom is -0.478 e. The second-order valence-electron chi connectivity index (χ2n) is 2.09. The molecule has 0 spiro atoms. The molecule has 0 aliphatic rings. The molecule has 0 aliphatic heterocycles. The normalized spacial score (nSPS) is 9.92. The number of hydrogen-bond donors (Lipinski definition) is 2. The van der Waals surface area contributed by atoms with Crippen LogP contribution in [-0.4, -0.2) is 11.1 Å². The van der Waals surface area contributed by atoms with E-state index in [1.165, 1.54) is 12.1 Å². The van der Waals surface area contributed by atoms with E-state index in [-0.39, 0.29) is 15.6 Å². The highest BCUT2D eigenvalue weighted by atomic mass is 35.5. The summed E-state index contributed by atoms with van der Waals surface area (Å²) in [6.07, 6.45) is 0. The molecule has 0 heterocycles. The van der Waals surface area contributed by atoms with Crippen LogP contribution in [0.1, 0.15) is 10.4 Å². The molecule has 0 radical (unpaired) electrons. The average molecular weight is 223 g/mol. The highest BCUT2D eigenvalue weighted by Gasteiger charge is 2.13. The molecule has 0 fully saturated rings. The van der Waals surface area contributed by atoms with Crippen molar-refractivity contribution in [3.63, 3.8) is 0 Å². The number of carbonyl (C=O) groups is 1. The van der Waals surface area contributed by atoms with E-state index in [2.05, 4.69) is 12.6 Å². The van der Waals surface area contributed by atoms with Gasteiger partial charge in [0.05, 0.1) is 15.6 Å². The summed E-state index contributed by atoms with van der Waals surface area (Å²) >= 11 is 15.2. The number of carboxylic acids is 1. The molecule has 0 unspecified atom stereocenters. The summed E-state index contributed by atoms with van der Waals surface area (Å²) in [6.45, 7) is 0. The van der Waals surface area contributed by atoms with E-state index in [9.17, 15) is 4.79 Å². The van der Waals surface area contributed by atoms with Crippen LogP contribution in [0.5, 0.6) is 0 Å². The van der Waals surface area contributed by atoms with Gasteiger partial charge in [-0.1, -0.05) is 23.2 Å². The number of carboxylic acid groups (broad SMARTS) is 1. The van der Waals surface area contributed by atoms with Crippen molar-refractivity contribution in [2.75, 3.05) is 0 Å². The summed E-state index contributed by atoms with van der Waals surface area (Å²) in [5.74, 6) is -1.14. The van der Waals surface area contributed by atoms with Gasteiger partial charge in [-0.05, 0) is 12.1 Å². The van der Waals surface area contributed by atoms with E-state index in [0.717, 1.165) is 0 Å². The lowest BCUT2D eigenvalue weighted by Crippen LogP contribution is -1.98. The van der Waals surface area contributed by atoms with Crippen molar-refractivity contribution >= 4 is 41.8 Å². The second-order valence-corrected chi connectivity index (χ2v) is 3.42. The van der Waals surface area contributed by atoms with Gasteiger partial charge in [-0.25, -0.2) is 4.79 Å². The molecular formula is C7H4Cl2O2S. The number of thiol groups is 1. The van der Waals surface area contributed by atoms with Gasteiger partial charge in [-0.2, -0.15) is 0 Å². The number of aromatic carboxylic acids is 1. The topological polar surface area (TPSA) is 37.3 Å². The summed E-state index contributed by atoms with van der Waals surface area (Å²) in [4.78, 5) is 11.1. The first-order chi connectivity index (χ1) is 5.52. The van der Waals surface area contributed by atoms with Crippen LogP contribution in [0, 0.1) is 0 Å². The molecule has 0 aliphatic carbocycles. The van der Waals surface area contributed by atoms with Gasteiger partial charge in [-0.3, -0.25) is 0 Å². The molecule has 1 N–H and O–H groups in total. The average Bonchev–Trinajstić information content (AvgIpc) is 1.82. The van der Waals surface area contributed by atoms with Gasteiger partial charge < -0.3 is 5.11 Å². The van der Waals surface area contributed by atoms with Crippen molar-refractivity contribution < 1.29 is 9.90 Å². The Morgan fingerprint density at radius 3 is 2.08 bits per heavy atom. The van der Waals surface area contributed by atoms with Crippen LogP contribution < -0.4 is 0 Å². The SMILES string of the molecule is O=C(O)c1c(Cl)cc(S)cc1Cl. The van der Waals surface area contributed by atoms with Crippen molar-refractivity contribution in [1.29, 1.82) is 0 Å². The van der Waals surface area contributed by atoms with Gasteiger partial charge in [0.25, 0.3) is 0 Å². The van der Waals surface area contributed by atoms with Crippen molar-refractivity contribution in [3.05, 3.63) is 27.7 Å². The first kappa shape index (κ1) is 9.71. The minimum atomic E-state index is -1.14. The molecule has 0 bridgehead atoms. The molecule has 5 heteroatoms. The Balaban J connectivity index is 3.38. The fraction of sp³-hybridized carbons (Fsp3) is 0. The van der Waals surface area contributed by atoms with Crippen molar-refractivity contribution in [2.45, 2.75) is 4.90 Å². The maximum Gasteiger partial charge on any atom is 0.338 e. The van der Waals surface area contributed by atoms with E-state index < -0.39 is 5.97 Å². The molecule has 12 heavy (non-hydrogen) atoms. The number of rotatable bonds is 1. The van der Waals surface area contributed by atoms with E-state index >= 15 is 0 Å². The zero-order chi connectivity index (χ0) is 9.30. The Morgan fingerprint density at radius 2 is 1.75 bits per heavy atom. The van der Waals surface area contributed by atoms with Gasteiger partial charge in [0, 0.05) is 4.90 Å². The van der Waals surface area contributed by atoms with E-state index in [0.29, 0.717) is 4.90 Å². The molecule has 0 saturated carbocycles. The monoisotopic (exact) mass is 222 g/mol. The number of benzene rings is 1. The third kappa shape index (κ3) is 1.86. The van der Waals surface area contributed by atoms with Crippen LogP contribution >= 0.6 is 35.8 Å². The summed E-state index contributed by atoms with van der Waals surface area (Å²) in [5, 5.41) is 8.84. The van der Waals surface area contributed by atoms with Crippen LogP contribution in [0.2, 0.25) is 10.0 Å². The van der Waals surface area contributed by atoms with Crippen molar-refractivity contribution in [1.82, 2.24) is 0 Å². The standard InChI is InChI=1S/C7H4Cl2O2S/c8-4-1-3(12)2-5(9)6(4)7(10)11/h1-2,12H,(H,10,11). The van der Waals surface area contributed by atoms with Crippen molar-refractivity contribution in [2.24, 2.45) is 0 Å². The third-order valence-electron chi connectivity index (χ3n) is 1.24. The zero-order valence-electron chi connectivity index (χ0n) is 5.71. The first-order valence-electron chi connectivity index (χ1n) is 2.93. The summed E-state index contributed by atoms with van der Waals surface area (Å²) < 4.78 is 0. The largest absolute Gasteiger partial charge is 0.478 e. The lowest BCUT2D eigenvalue weighted by molar-refractivity contribution is 0.0697.